The first-order valence-electron chi connectivity index (χ1n) is 9.95. The Kier molecular flexibility index (Phi) is 6.71. The van der Waals surface area contributed by atoms with Crippen LogP contribution in [0.5, 0.6) is 11.5 Å². The SMILES string of the molecule is COc1cc(/C=C2\SC(=O)N(Cc3ccccc3F)C2=O)ccc1OS(=O)(=O)c1ccccc1. The summed E-state index contributed by atoms with van der Waals surface area (Å²) in [6.07, 6.45) is 1.48. The lowest BCUT2D eigenvalue weighted by atomic mass is 10.1. The van der Waals surface area contributed by atoms with E-state index in [-0.39, 0.29) is 33.4 Å². The number of carbonyl (C=O) groups excluding carboxylic acids is 2. The van der Waals surface area contributed by atoms with E-state index >= 15 is 0 Å². The Balaban J connectivity index is 1.56. The summed E-state index contributed by atoms with van der Waals surface area (Å²) in [5, 5.41) is -0.514. The molecule has 0 radical (unpaired) electrons. The van der Waals surface area contributed by atoms with E-state index in [0.717, 1.165) is 16.7 Å². The van der Waals surface area contributed by atoms with Gasteiger partial charge >= 0.3 is 10.1 Å². The number of methoxy groups -OCH3 is 1. The highest BCUT2D eigenvalue weighted by atomic mass is 32.2. The highest BCUT2D eigenvalue weighted by molar-refractivity contribution is 8.18. The van der Waals surface area contributed by atoms with Crippen LogP contribution in [0, 0.1) is 5.82 Å². The summed E-state index contributed by atoms with van der Waals surface area (Å²) in [5.41, 5.74) is 0.714. The van der Waals surface area contributed by atoms with Crippen LogP contribution in [-0.2, 0) is 21.5 Å². The molecule has 0 unspecified atom stereocenters. The number of halogens is 1. The van der Waals surface area contributed by atoms with Gasteiger partial charge in [-0.15, -0.1) is 0 Å². The molecule has 3 aromatic carbocycles. The van der Waals surface area contributed by atoms with Gasteiger partial charge in [-0.05, 0) is 53.7 Å². The van der Waals surface area contributed by atoms with E-state index in [9.17, 15) is 22.4 Å². The normalized spacial score (nSPS) is 15.1. The highest BCUT2D eigenvalue weighted by Crippen LogP contribution is 2.36. The van der Waals surface area contributed by atoms with Crippen molar-refractivity contribution < 1.29 is 31.3 Å². The van der Waals surface area contributed by atoms with Crippen LogP contribution >= 0.6 is 11.8 Å². The van der Waals surface area contributed by atoms with Gasteiger partial charge in [-0.3, -0.25) is 14.5 Å². The van der Waals surface area contributed by atoms with Crippen LogP contribution in [0.2, 0.25) is 0 Å². The molecule has 0 N–H and O–H groups in total. The Morgan fingerprint density at radius 3 is 2.38 bits per heavy atom. The molecule has 0 aromatic heterocycles. The van der Waals surface area contributed by atoms with E-state index in [1.54, 1.807) is 24.3 Å². The van der Waals surface area contributed by atoms with E-state index in [1.807, 2.05) is 0 Å². The molecular weight excluding hydrogens is 481 g/mol. The Bertz CT molecular complexity index is 1390. The third kappa shape index (κ3) is 4.97. The largest absolute Gasteiger partial charge is 0.493 e. The molecule has 7 nitrogen and oxygen atoms in total. The molecule has 0 aliphatic carbocycles. The number of thioether (sulfide) groups is 1. The number of nitrogens with zero attached hydrogens (tertiary/aromatic N) is 1. The smallest absolute Gasteiger partial charge is 0.339 e. The number of carbonyl (C=O) groups is 2. The van der Waals surface area contributed by atoms with Gasteiger partial charge in [0, 0.05) is 5.56 Å². The highest BCUT2D eigenvalue weighted by Gasteiger charge is 2.35. The van der Waals surface area contributed by atoms with Crippen molar-refractivity contribution in [3.8, 4) is 11.5 Å². The molecule has 1 saturated heterocycles. The van der Waals surface area contributed by atoms with Crippen molar-refractivity contribution in [2.45, 2.75) is 11.4 Å². The number of hydrogen-bond donors (Lipinski definition) is 0. The van der Waals surface area contributed by atoms with Crippen molar-refractivity contribution in [3.63, 3.8) is 0 Å². The fourth-order valence-electron chi connectivity index (χ4n) is 3.18. The lowest BCUT2D eigenvalue weighted by Gasteiger charge is -2.13. The molecule has 34 heavy (non-hydrogen) atoms. The average Bonchev–Trinajstić information content (AvgIpc) is 3.09. The molecule has 0 atom stereocenters. The van der Waals surface area contributed by atoms with Crippen molar-refractivity contribution >= 4 is 39.1 Å². The second kappa shape index (κ2) is 9.70. The van der Waals surface area contributed by atoms with Gasteiger partial charge in [-0.25, -0.2) is 4.39 Å². The van der Waals surface area contributed by atoms with Crippen LogP contribution < -0.4 is 8.92 Å². The summed E-state index contributed by atoms with van der Waals surface area (Å²) in [5.74, 6) is -0.962. The Morgan fingerprint density at radius 1 is 0.971 bits per heavy atom. The molecule has 4 rings (SSSR count). The molecule has 0 spiro atoms. The lowest BCUT2D eigenvalue weighted by Crippen LogP contribution is -2.27. The minimum atomic E-state index is -4.07. The molecule has 1 aliphatic heterocycles. The van der Waals surface area contributed by atoms with Gasteiger partial charge in [-0.1, -0.05) is 42.5 Å². The van der Waals surface area contributed by atoms with Crippen LogP contribution in [0.25, 0.3) is 6.08 Å². The van der Waals surface area contributed by atoms with Crippen molar-refractivity contribution in [2.24, 2.45) is 0 Å². The van der Waals surface area contributed by atoms with Gasteiger partial charge in [0.05, 0.1) is 18.6 Å². The maximum absolute atomic E-state index is 13.9. The lowest BCUT2D eigenvalue weighted by molar-refractivity contribution is -0.123. The third-order valence-corrected chi connectivity index (χ3v) is 7.03. The summed E-state index contributed by atoms with van der Waals surface area (Å²) in [6.45, 7) is -0.178. The standard InChI is InChI=1S/C24H18FNO6S2/c1-31-21-13-16(11-12-20(21)32-34(29,30)18-8-3-2-4-9-18)14-22-23(27)26(24(28)33-22)15-17-7-5-6-10-19(17)25/h2-14H,15H2,1H3/b22-14-. The Morgan fingerprint density at radius 2 is 1.68 bits per heavy atom. The van der Waals surface area contributed by atoms with Crippen LogP contribution in [0.3, 0.4) is 0 Å². The monoisotopic (exact) mass is 499 g/mol. The number of ether oxygens (including phenoxy) is 1. The first kappa shape index (κ1) is 23.5. The zero-order valence-corrected chi connectivity index (χ0v) is 19.4. The molecule has 3 aromatic rings. The zero-order chi connectivity index (χ0) is 24.3. The van der Waals surface area contributed by atoms with Gasteiger partial charge in [0.1, 0.15) is 10.7 Å². The van der Waals surface area contributed by atoms with Gasteiger partial charge in [0.15, 0.2) is 11.5 Å². The molecule has 10 heteroatoms. The fourth-order valence-corrected chi connectivity index (χ4v) is 4.98. The zero-order valence-electron chi connectivity index (χ0n) is 17.8. The van der Waals surface area contributed by atoms with Gasteiger partial charge in [0.2, 0.25) is 0 Å². The predicted octanol–water partition coefficient (Wildman–Crippen LogP) is 4.84. The summed E-state index contributed by atoms with van der Waals surface area (Å²) < 4.78 is 49.5. The Hall–Kier alpha value is -3.63. The van der Waals surface area contributed by atoms with E-state index in [4.69, 9.17) is 8.92 Å². The van der Waals surface area contributed by atoms with Gasteiger partial charge in [-0.2, -0.15) is 8.42 Å². The van der Waals surface area contributed by atoms with Gasteiger partial charge in [0.25, 0.3) is 11.1 Å². The van der Waals surface area contributed by atoms with Crippen molar-refractivity contribution in [1.29, 1.82) is 0 Å². The molecule has 1 aliphatic rings. The minimum Gasteiger partial charge on any atom is -0.493 e. The van der Waals surface area contributed by atoms with E-state index in [0.29, 0.717) is 5.56 Å². The summed E-state index contributed by atoms with van der Waals surface area (Å²) in [6, 6.07) is 18.0. The molecular formula is C24H18FNO6S2. The Labute approximate surface area is 199 Å². The van der Waals surface area contributed by atoms with Crippen LogP contribution in [0.1, 0.15) is 11.1 Å². The maximum atomic E-state index is 13.9. The molecule has 2 amide bonds. The van der Waals surface area contributed by atoms with E-state index in [2.05, 4.69) is 0 Å². The fraction of sp³-hybridized carbons (Fsp3) is 0.0833. The van der Waals surface area contributed by atoms with Crippen molar-refractivity contribution in [3.05, 3.63) is 94.6 Å². The van der Waals surface area contributed by atoms with Crippen molar-refractivity contribution in [2.75, 3.05) is 7.11 Å². The first-order chi connectivity index (χ1) is 16.3. The molecule has 174 valence electrons. The second-order valence-electron chi connectivity index (χ2n) is 7.12. The molecule has 1 heterocycles. The number of benzene rings is 3. The number of imide groups is 1. The summed E-state index contributed by atoms with van der Waals surface area (Å²) in [7, 11) is -2.72. The van der Waals surface area contributed by atoms with Crippen LogP contribution in [0.15, 0.2) is 82.6 Å². The summed E-state index contributed by atoms with van der Waals surface area (Å²) >= 11 is 0.735. The molecule has 0 bridgehead atoms. The average molecular weight is 500 g/mol. The molecule has 0 saturated carbocycles. The van der Waals surface area contributed by atoms with Crippen LogP contribution in [0.4, 0.5) is 9.18 Å². The topological polar surface area (TPSA) is 90.0 Å². The minimum absolute atomic E-state index is 0.00958. The molecule has 1 fully saturated rings. The van der Waals surface area contributed by atoms with E-state index in [1.165, 1.54) is 61.7 Å². The summed E-state index contributed by atoms with van der Waals surface area (Å²) in [4.78, 5) is 26.2. The van der Waals surface area contributed by atoms with Crippen molar-refractivity contribution in [1.82, 2.24) is 4.90 Å². The first-order valence-corrected chi connectivity index (χ1v) is 12.2. The number of rotatable bonds is 7. The van der Waals surface area contributed by atoms with E-state index < -0.39 is 27.1 Å². The number of hydrogen-bond acceptors (Lipinski definition) is 7. The maximum Gasteiger partial charge on any atom is 0.339 e. The second-order valence-corrected chi connectivity index (χ2v) is 9.66. The predicted molar refractivity (Wildman–Crippen MR) is 125 cm³/mol. The number of amides is 2. The quantitative estimate of drug-likeness (QED) is 0.339. The van der Waals surface area contributed by atoms with Gasteiger partial charge < -0.3 is 8.92 Å². The van der Waals surface area contributed by atoms with Crippen LogP contribution in [-0.4, -0.2) is 31.6 Å². The third-order valence-electron chi connectivity index (χ3n) is 4.88.